The van der Waals surface area contributed by atoms with Gasteiger partial charge in [-0.1, -0.05) is 13.3 Å². The van der Waals surface area contributed by atoms with Crippen LogP contribution in [0.4, 0.5) is 0 Å². The molecule has 0 N–H and O–H groups in total. The predicted molar refractivity (Wildman–Crippen MR) is 103 cm³/mol. The molecule has 2 aromatic heterocycles. The molecule has 2 aromatic rings. The highest BCUT2D eigenvalue weighted by Gasteiger charge is 2.42. The number of carbonyl (C=O) groups is 2. The van der Waals surface area contributed by atoms with E-state index in [1.54, 1.807) is 28.2 Å². The molecule has 2 atom stereocenters. The van der Waals surface area contributed by atoms with Gasteiger partial charge in [0.2, 0.25) is 5.91 Å². The first-order valence-electron chi connectivity index (χ1n) is 9.20. The average molecular weight is 390 g/mol. The molecule has 0 saturated carbocycles. The van der Waals surface area contributed by atoms with Gasteiger partial charge in [-0.2, -0.15) is 0 Å². The number of amides is 2. The van der Waals surface area contributed by atoms with E-state index in [1.807, 2.05) is 26.6 Å². The van der Waals surface area contributed by atoms with Crippen LogP contribution < -0.4 is 0 Å². The third-order valence-electron chi connectivity index (χ3n) is 5.29. The number of fused-ring (bicyclic) bond motifs is 4. The highest BCUT2D eigenvalue weighted by Crippen LogP contribution is 2.31. The van der Waals surface area contributed by atoms with Crippen molar-refractivity contribution in [2.45, 2.75) is 45.2 Å². The van der Waals surface area contributed by atoms with Gasteiger partial charge in [-0.15, -0.1) is 22.7 Å². The van der Waals surface area contributed by atoms with Crippen LogP contribution in [0.1, 0.15) is 47.1 Å². The molecule has 0 radical (unpaired) electrons. The summed E-state index contributed by atoms with van der Waals surface area (Å²) in [6.45, 7) is 3.88. The maximum absolute atomic E-state index is 13.0. The average Bonchev–Trinajstić information content (AvgIpc) is 3.24. The van der Waals surface area contributed by atoms with Crippen LogP contribution in [0.15, 0.2) is 22.3 Å². The minimum atomic E-state index is -0.0786. The molecule has 0 spiro atoms. The molecule has 0 aromatic carbocycles. The Hall–Kier alpha value is -1.73. The van der Waals surface area contributed by atoms with E-state index >= 15 is 0 Å². The van der Waals surface area contributed by atoms with E-state index in [-0.39, 0.29) is 23.8 Å². The quantitative estimate of drug-likeness (QED) is 0.787. The Labute approximate surface area is 161 Å². The number of hydrogen-bond donors (Lipinski definition) is 0. The molecule has 2 bridgehead atoms. The third kappa shape index (κ3) is 3.42. The van der Waals surface area contributed by atoms with E-state index in [9.17, 15) is 9.59 Å². The maximum Gasteiger partial charge on any atom is 0.254 e. The van der Waals surface area contributed by atoms with Crippen LogP contribution in [-0.2, 0) is 17.8 Å². The lowest BCUT2D eigenvalue weighted by molar-refractivity contribution is -0.140. The molecular weight excluding hydrogens is 366 g/mol. The minimum absolute atomic E-state index is 0.0730. The Morgan fingerprint density at radius 3 is 2.96 bits per heavy atom. The van der Waals surface area contributed by atoms with Crippen LogP contribution in [0.25, 0.3) is 0 Å². The molecule has 5 rings (SSSR count). The van der Waals surface area contributed by atoms with E-state index in [1.165, 1.54) is 4.88 Å². The second kappa shape index (κ2) is 7.48. The third-order valence-corrected chi connectivity index (χ3v) is 6.93. The number of aryl methyl sites for hydroxylation is 1. The Balaban J connectivity index is 1.51. The lowest BCUT2D eigenvalue weighted by Crippen LogP contribution is -2.47. The number of carbonyl (C=O) groups excluding carboxylic acids is 2. The Morgan fingerprint density at radius 2 is 2.19 bits per heavy atom. The van der Waals surface area contributed by atoms with Crippen LogP contribution in [0.5, 0.6) is 0 Å². The van der Waals surface area contributed by atoms with Crippen LogP contribution >= 0.6 is 22.7 Å². The number of nitrogens with zero attached hydrogens (tertiary/aromatic N) is 3. The molecule has 5 nitrogen and oxygen atoms in total. The lowest BCUT2D eigenvalue weighted by Gasteiger charge is -2.35. The summed E-state index contributed by atoms with van der Waals surface area (Å²) in [6.07, 6.45) is 3.95. The zero-order chi connectivity index (χ0) is 18.1. The van der Waals surface area contributed by atoms with Gasteiger partial charge >= 0.3 is 0 Å². The second-order valence-corrected chi connectivity index (χ2v) is 8.85. The summed E-state index contributed by atoms with van der Waals surface area (Å²) in [7, 11) is 0. The summed E-state index contributed by atoms with van der Waals surface area (Å²) in [6, 6.07) is 2.12. The maximum atomic E-state index is 13.0. The fourth-order valence-corrected chi connectivity index (χ4v) is 5.47. The van der Waals surface area contributed by atoms with E-state index in [2.05, 4.69) is 11.9 Å². The summed E-state index contributed by atoms with van der Waals surface area (Å²) in [5, 5.41) is 3.96. The number of aromatic nitrogens is 1. The van der Waals surface area contributed by atoms with Gasteiger partial charge in [-0.05, 0) is 25.3 Å². The standard InChI is InChI=1S/C19H23N3O2S2/c1-2-3-17-6-14(10-26-17)18(23)21-7-13-4-5-16(9-21)22(19(13)24)8-15-11-25-12-20-15/h6,10-13,16H,2-5,7-9H2,1H3/t13-,16+/m1/s1. The topological polar surface area (TPSA) is 53.5 Å². The van der Waals surface area contributed by atoms with Crippen molar-refractivity contribution >= 4 is 34.5 Å². The Bertz CT molecular complexity index is 787. The zero-order valence-electron chi connectivity index (χ0n) is 14.9. The van der Waals surface area contributed by atoms with Crippen LogP contribution in [0.2, 0.25) is 0 Å². The molecule has 138 valence electrons. The highest BCUT2D eigenvalue weighted by molar-refractivity contribution is 7.10. The van der Waals surface area contributed by atoms with Crippen molar-refractivity contribution in [1.82, 2.24) is 14.8 Å². The first-order valence-corrected chi connectivity index (χ1v) is 11.0. The molecule has 0 unspecified atom stereocenters. The minimum Gasteiger partial charge on any atom is -0.336 e. The molecule has 0 aliphatic carbocycles. The van der Waals surface area contributed by atoms with Gasteiger partial charge in [0.25, 0.3) is 5.91 Å². The summed E-state index contributed by atoms with van der Waals surface area (Å²) in [4.78, 5) is 35.3. The van der Waals surface area contributed by atoms with Crippen molar-refractivity contribution in [3.8, 4) is 0 Å². The van der Waals surface area contributed by atoms with Gasteiger partial charge in [-0.25, -0.2) is 4.98 Å². The van der Waals surface area contributed by atoms with Crippen LogP contribution in [0, 0.1) is 5.92 Å². The first kappa shape index (κ1) is 17.7. The monoisotopic (exact) mass is 389 g/mol. The van der Waals surface area contributed by atoms with Crippen molar-refractivity contribution in [3.63, 3.8) is 0 Å². The molecule has 3 aliphatic heterocycles. The number of piperidine rings is 1. The lowest BCUT2D eigenvalue weighted by atomic mass is 9.94. The largest absolute Gasteiger partial charge is 0.336 e. The van der Waals surface area contributed by atoms with Gasteiger partial charge < -0.3 is 9.80 Å². The smallest absolute Gasteiger partial charge is 0.254 e. The van der Waals surface area contributed by atoms with E-state index in [4.69, 9.17) is 0 Å². The van der Waals surface area contributed by atoms with Crippen LogP contribution in [0.3, 0.4) is 0 Å². The second-order valence-electron chi connectivity index (χ2n) is 7.14. The van der Waals surface area contributed by atoms with Crippen molar-refractivity contribution in [2.75, 3.05) is 13.1 Å². The number of thiazole rings is 1. The SMILES string of the molecule is CCCc1cc(C(=O)N2C[C@H]3CC[C@@H](C2)N(Cc2cscn2)C3=O)cs1. The predicted octanol–water partition coefficient (Wildman–Crippen LogP) is 3.42. The number of hydrogen-bond acceptors (Lipinski definition) is 5. The molecule has 2 amide bonds. The van der Waals surface area contributed by atoms with Crippen molar-refractivity contribution in [1.29, 1.82) is 0 Å². The molecular formula is C19H23N3O2S2. The summed E-state index contributed by atoms with van der Waals surface area (Å²) in [5.41, 5.74) is 3.52. The molecule has 26 heavy (non-hydrogen) atoms. The Kier molecular flexibility index (Phi) is 5.09. The van der Waals surface area contributed by atoms with Gasteiger partial charge in [0.1, 0.15) is 0 Å². The van der Waals surface area contributed by atoms with E-state index in [0.717, 1.165) is 36.9 Å². The summed E-state index contributed by atoms with van der Waals surface area (Å²) < 4.78 is 0. The summed E-state index contributed by atoms with van der Waals surface area (Å²) in [5.74, 6) is 0.176. The molecule has 3 fully saturated rings. The van der Waals surface area contributed by atoms with Gasteiger partial charge in [-0.3, -0.25) is 9.59 Å². The number of rotatable bonds is 5. The van der Waals surface area contributed by atoms with Crippen molar-refractivity contribution in [2.24, 2.45) is 5.92 Å². The van der Waals surface area contributed by atoms with Crippen LogP contribution in [-0.4, -0.2) is 45.7 Å². The van der Waals surface area contributed by atoms with Gasteiger partial charge in [0.15, 0.2) is 0 Å². The Morgan fingerprint density at radius 1 is 1.31 bits per heavy atom. The van der Waals surface area contributed by atoms with Crippen molar-refractivity contribution < 1.29 is 9.59 Å². The molecule has 3 aliphatic rings. The zero-order valence-corrected chi connectivity index (χ0v) is 16.5. The van der Waals surface area contributed by atoms with E-state index in [0.29, 0.717) is 19.6 Å². The van der Waals surface area contributed by atoms with Gasteiger partial charge in [0.05, 0.1) is 29.2 Å². The van der Waals surface area contributed by atoms with Gasteiger partial charge in [0, 0.05) is 34.8 Å². The molecule has 5 heterocycles. The number of thiophene rings is 1. The molecule has 7 heteroatoms. The van der Waals surface area contributed by atoms with E-state index < -0.39 is 0 Å². The normalized spacial score (nSPS) is 22.7. The van der Waals surface area contributed by atoms with Crippen molar-refractivity contribution in [3.05, 3.63) is 38.5 Å². The molecule has 3 saturated heterocycles. The first-order chi connectivity index (χ1) is 12.7. The highest BCUT2D eigenvalue weighted by atomic mass is 32.1. The fraction of sp³-hybridized carbons (Fsp3) is 0.526. The summed E-state index contributed by atoms with van der Waals surface area (Å²) >= 11 is 3.21. The fourth-order valence-electron chi connectivity index (χ4n) is 3.96.